The fourth-order valence-corrected chi connectivity index (χ4v) is 2.09. The summed E-state index contributed by atoms with van der Waals surface area (Å²) in [6.45, 7) is 0. The van der Waals surface area contributed by atoms with E-state index in [9.17, 15) is 4.79 Å². The van der Waals surface area contributed by atoms with Crippen molar-refractivity contribution in [1.29, 1.82) is 0 Å². The molecule has 1 atom stereocenters. The van der Waals surface area contributed by atoms with Crippen molar-refractivity contribution in [2.75, 3.05) is 0 Å². The van der Waals surface area contributed by atoms with E-state index in [0.29, 0.717) is 11.6 Å². The molecular formula is C13H11N3O2. The summed E-state index contributed by atoms with van der Waals surface area (Å²) in [4.78, 5) is 15.3. The third kappa shape index (κ3) is 1.66. The number of pyridine rings is 1. The highest BCUT2D eigenvalue weighted by Gasteiger charge is 2.28. The maximum absolute atomic E-state index is 11.1. The van der Waals surface area contributed by atoms with Crippen LogP contribution >= 0.6 is 0 Å². The first-order valence-electron chi connectivity index (χ1n) is 5.53. The molecule has 0 aliphatic carbocycles. The number of amides is 2. The zero-order valence-electron chi connectivity index (χ0n) is 9.46. The monoisotopic (exact) mass is 241 g/mol. The van der Waals surface area contributed by atoms with Crippen molar-refractivity contribution in [2.45, 2.75) is 6.04 Å². The molecule has 0 fully saturated rings. The van der Waals surface area contributed by atoms with Gasteiger partial charge in [0.15, 0.2) is 0 Å². The van der Waals surface area contributed by atoms with E-state index >= 15 is 0 Å². The zero-order valence-corrected chi connectivity index (χ0v) is 9.46. The topological polar surface area (TPSA) is 77.2 Å². The second-order valence-corrected chi connectivity index (χ2v) is 3.98. The molecule has 90 valence electrons. The maximum Gasteiger partial charge on any atom is 0.312 e. The van der Waals surface area contributed by atoms with Crippen LogP contribution < -0.4 is 15.8 Å². The standard InChI is InChI=1S/C13H11N3O2/c14-13(17)16-11-8-4-1-2-6-10(8)18-12-9(11)5-3-7-15-12/h1-7,11H,(H3,14,16,17)/t11-/m0/s1. The fraction of sp³-hybridized carbons (Fsp3) is 0.0769. The first kappa shape index (κ1) is 10.6. The number of carbonyl (C=O) groups is 1. The summed E-state index contributed by atoms with van der Waals surface area (Å²) in [7, 11) is 0. The van der Waals surface area contributed by atoms with Crippen LogP contribution in [0.25, 0.3) is 0 Å². The lowest BCUT2D eigenvalue weighted by molar-refractivity contribution is 0.246. The minimum absolute atomic E-state index is 0.323. The molecule has 18 heavy (non-hydrogen) atoms. The van der Waals surface area contributed by atoms with Gasteiger partial charge in [-0.3, -0.25) is 0 Å². The van der Waals surface area contributed by atoms with Crippen LogP contribution in [0.4, 0.5) is 4.79 Å². The number of para-hydroxylation sites is 1. The van der Waals surface area contributed by atoms with E-state index < -0.39 is 6.03 Å². The molecule has 1 aliphatic rings. The second kappa shape index (κ2) is 4.03. The van der Waals surface area contributed by atoms with Crippen LogP contribution in [0.3, 0.4) is 0 Å². The first-order valence-corrected chi connectivity index (χ1v) is 5.53. The molecule has 0 saturated heterocycles. The lowest BCUT2D eigenvalue weighted by Crippen LogP contribution is -2.35. The number of ether oxygens (including phenoxy) is 1. The van der Waals surface area contributed by atoms with Crippen molar-refractivity contribution in [1.82, 2.24) is 10.3 Å². The number of rotatable bonds is 1. The third-order valence-electron chi connectivity index (χ3n) is 2.83. The number of hydrogen-bond donors (Lipinski definition) is 2. The van der Waals surface area contributed by atoms with Crippen molar-refractivity contribution in [3.05, 3.63) is 53.7 Å². The molecule has 2 heterocycles. The van der Waals surface area contributed by atoms with Gasteiger partial charge in [-0.05, 0) is 18.2 Å². The van der Waals surface area contributed by atoms with Gasteiger partial charge in [0, 0.05) is 17.3 Å². The fourth-order valence-electron chi connectivity index (χ4n) is 2.09. The Morgan fingerprint density at radius 1 is 1.22 bits per heavy atom. The molecule has 0 radical (unpaired) electrons. The summed E-state index contributed by atoms with van der Waals surface area (Å²) in [5.41, 5.74) is 6.90. The van der Waals surface area contributed by atoms with Crippen LogP contribution in [0.1, 0.15) is 17.2 Å². The van der Waals surface area contributed by atoms with Gasteiger partial charge in [0.25, 0.3) is 0 Å². The van der Waals surface area contributed by atoms with Gasteiger partial charge >= 0.3 is 6.03 Å². The van der Waals surface area contributed by atoms with Crippen molar-refractivity contribution < 1.29 is 9.53 Å². The van der Waals surface area contributed by atoms with Gasteiger partial charge in [-0.1, -0.05) is 18.2 Å². The summed E-state index contributed by atoms with van der Waals surface area (Å²) in [6, 6.07) is 10.2. The van der Waals surface area contributed by atoms with Crippen LogP contribution in [0.15, 0.2) is 42.6 Å². The summed E-state index contributed by atoms with van der Waals surface area (Å²) in [5, 5.41) is 2.71. The Balaban J connectivity index is 2.14. The highest BCUT2D eigenvalue weighted by Crippen LogP contribution is 2.40. The van der Waals surface area contributed by atoms with E-state index in [1.807, 2.05) is 30.3 Å². The molecule has 3 N–H and O–H groups in total. The molecule has 5 heteroatoms. The zero-order chi connectivity index (χ0) is 12.5. The lowest BCUT2D eigenvalue weighted by Gasteiger charge is -2.27. The number of carbonyl (C=O) groups excluding carboxylic acids is 1. The number of nitrogens with two attached hydrogens (primary N) is 1. The Bertz CT molecular complexity index is 567. The van der Waals surface area contributed by atoms with Gasteiger partial charge < -0.3 is 15.8 Å². The van der Waals surface area contributed by atoms with Gasteiger partial charge in [0.1, 0.15) is 5.75 Å². The molecule has 1 aromatic heterocycles. The maximum atomic E-state index is 11.1. The predicted molar refractivity (Wildman–Crippen MR) is 65.3 cm³/mol. The van der Waals surface area contributed by atoms with Gasteiger partial charge in [-0.15, -0.1) is 0 Å². The van der Waals surface area contributed by atoms with Gasteiger partial charge in [-0.25, -0.2) is 9.78 Å². The van der Waals surface area contributed by atoms with E-state index in [2.05, 4.69) is 10.3 Å². The smallest absolute Gasteiger partial charge is 0.312 e. The van der Waals surface area contributed by atoms with E-state index in [4.69, 9.17) is 10.5 Å². The van der Waals surface area contributed by atoms with Gasteiger partial charge in [0.2, 0.25) is 5.88 Å². The molecule has 3 rings (SSSR count). The van der Waals surface area contributed by atoms with Crippen LogP contribution in [-0.4, -0.2) is 11.0 Å². The van der Waals surface area contributed by atoms with Gasteiger partial charge in [-0.2, -0.15) is 0 Å². The number of nitrogens with one attached hydrogen (secondary N) is 1. The van der Waals surface area contributed by atoms with Crippen molar-refractivity contribution in [2.24, 2.45) is 5.73 Å². The molecule has 2 amide bonds. The van der Waals surface area contributed by atoms with Crippen molar-refractivity contribution in [3.63, 3.8) is 0 Å². The molecule has 0 saturated carbocycles. The van der Waals surface area contributed by atoms with E-state index in [-0.39, 0.29) is 6.04 Å². The number of nitrogens with zero attached hydrogens (tertiary/aromatic N) is 1. The average Bonchev–Trinajstić information content (AvgIpc) is 2.38. The third-order valence-corrected chi connectivity index (χ3v) is 2.83. The lowest BCUT2D eigenvalue weighted by atomic mass is 9.97. The number of hydrogen-bond acceptors (Lipinski definition) is 3. The molecule has 5 nitrogen and oxygen atoms in total. The van der Waals surface area contributed by atoms with E-state index in [1.54, 1.807) is 12.3 Å². The van der Waals surface area contributed by atoms with E-state index in [1.165, 1.54) is 0 Å². The molecule has 0 unspecified atom stereocenters. The molecule has 1 aromatic carbocycles. The number of aromatic nitrogens is 1. The molecule has 2 aromatic rings. The van der Waals surface area contributed by atoms with Crippen LogP contribution in [-0.2, 0) is 0 Å². The number of fused-ring (bicyclic) bond motifs is 2. The Kier molecular flexibility index (Phi) is 2.37. The predicted octanol–water partition coefficient (Wildman–Crippen LogP) is 1.94. The Hall–Kier alpha value is -2.56. The molecular weight excluding hydrogens is 230 g/mol. The van der Waals surface area contributed by atoms with Crippen LogP contribution in [0.5, 0.6) is 11.6 Å². The van der Waals surface area contributed by atoms with Crippen molar-refractivity contribution >= 4 is 6.03 Å². The Morgan fingerprint density at radius 2 is 2.00 bits per heavy atom. The Morgan fingerprint density at radius 3 is 2.83 bits per heavy atom. The Labute approximate surface area is 104 Å². The minimum Gasteiger partial charge on any atom is -0.438 e. The summed E-state index contributed by atoms with van der Waals surface area (Å²) in [5.74, 6) is 1.18. The number of urea groups is 1. The first-order chi connectivity index (χ1) is 8.75. The van der Waals surface area contributed by atoms with Crippen LogP contribution in [0.2, 0.25) is 0 Å². The summed E-state index contributed by atoms with van der Waals surface area (Å²) in [6.07, 6.45) is 1.65. The summed E-state index contributed by atoms with van der Waals surface area (Å²) >= 11 is 0. The molecule has 0 spiro atoms. The number of benzene rings is 1. The summed E-state index contributed by atoms with van der Waals surface area (Å²) < 4.78 is 5.69. The second-order valence-electron chi connectivity index (χ2n) is 3.98. The quantitative estimate of drug-likeness (QED) is 0.801. The SMILES string of the molecule is NC(=O)N[C@H]1c2ccccc2Oc2ncccc21. The van der Waals surface area contributed by atoms with Gasteiger partial charge in [0.05, 0.1) is 6.04 Å². The highest BCUT2D eigenvalue weighted by molar-refractivity contribution is 5.73. The van der Waals surface area contributed by atoms with E-state index in [0.717, 1.165) is 11.1 Å². The largest absolute Gasteiger partial charge is 0.438 e. The molecule has 0 bridgehead atoms. The molecule has 1 aliphatic heterocycles. The van der Waals surface area contributed by atoms with Crippen molar-refractivity contribution in [3.8, 4) is 11.6 Å². The number of primary amides is 1. The minimum atomic E-state index is -0.577. The van der Waals surface area contributed by atoms with Crippen LogP contribution in [0, 0.1) is 0 Å². The average molecular weight is 241 g/mol. The normalized spacial score (nSPS) is 16.1. The highest BCUT2D eigenvalue weighted by atomic mass is 16.5.